The number of hydrogen-bond donors (Lipinski definition) is 1. The van der Waals surface area contributed by atoms with E-state index in [4.69, 9.17) is 0 Å². The third kappa shape index (κ3) is 3.74. The Balaban J connectivity index is 1.61. The Morgan fingerprint density at radius 3 is 2.40 bits per heavy atom. The second-order valence-electron chi connectivity index (χ2n) is 6.26. The summed E-state index contributed by atoms with van der Waals surface area (Å²) >= 11 is 0. The summed E-state index contributed by atoms with van der Waals surface area (Å²) in [5.41, 5.74) is 0.613. The summed E-state index contributed by atoms with van der Waals surface area (Å²) in [6.45, 7) is 2.51. The fraction of sp³-hybridized carbons (Fsp3) is 0.412. The number of nitrogens with one attached hydrogen (secondary N) is 1. The lowest BCUT2D eigenvalue weighted by Gasteiger charge is -2.31. The van der Waals surface area contributed by atoms with Crippen LogP contribution in [0.25, 0.3) is 0 Å². The predicted molar refractivity (Wildman–Crippen MR) is 93.6 cm³/mol. The highest BCUT2D eigenvalue weighted by Gasteiger charge is 2.31. The van der Waals surface area contributed by atoms with Crippen LogP contribution < -0.4 is 5.32 Å². The average molecular weight is 362 g/mol. The van der Waals surface area contributed by atoms with Crippen molar-refractivity contribution in [1.82, 2.24) is 19.2 Å². The van der Waals surface area contributed by atoms with Crippen molar-refractivity contribution >= 4 is 15.9 Å². The first-order valence-electron chi connectivity index (χ1n) is 8.24. The van der Waals surface area contributed by atoms with Crippen LogP contribution in [0.4, 0.5) is 0 Å². The molecule has 1 amide bonds. The number of rotatable bonds is 4. The molecule has 1 aliphatic rings. The molecule has 2 heterocycles. The fourth-order valence-electron chi connectivity index (χ4n) is 2.88. The van der Waals surface area contributed by atoms with E-state index in [1.807, 2.05) is 18.2 Å². The van der Waals surface area contributed by atoms with Crippen LogP contribution in [0.2, 0.25) is 0 Å². The minimum absolute atomic E-state index is 0.0235. The minimum atomic E-state index is -3.58. The van der Waals surface area contributed by atoms with Crippen molar-refractivity contribution in [3.8, 4) is 0 Å². The highest BCUT2D eigenvalue weighted by atomic mass is 32.2. The number of sulfonamides is 1. The van der Waals surface area contributed by atoms with E-state index in [1.54, 1.807) is 30.7 Å². The van der Waals surface area contributed by atoms with Gasteiger partial charge in [0.1, 0.15) is 5.82 Å². The molecule has 1 saturated heterocycles. The second kappa shape index (κ2) is 6.97. The van der Waals surface area contributed by atoms with Crippen molar-refractivity contribution in [2.45, 2.75) is 30.8 Å². The van der Waals surface area contributed by atoms with Crippen molar-refractivity contribution in [2.24, 2.45) is 7.05 Å². The summed E-state index contributed by atoms with van der Waals surface area (Å²) in [7, 11) is -1.81. The minimum Gasteiger partial charge on any atom is -0.349 e. The molecule has 0 atom stereocenters. The summed E-state index contributed by atoms with van der Waals surface area (Å²) in [4.78, 5) is 16.3. The number of imidazole rings is 1. The maximum Gasteiger partial charge on any atom is 0.262 e. The van der Waals surface area contributed by atoms with Crippen LogP contribution >= 0.6 is 0 Å². The molecular formula is C17H22N4O3S. The Morgan fingerprint density at radius 2 is 1.84 bits per heavy atom. The molecule has 1 fully saturated rings. The van der Waals surface area contributed by atoms with Crippen LogP contribution in [0.5, 0.6) is 0 Å². The van der Waals surface area contributed by atoms with Crippen molar-refractivity contribution in [1.29, 1.82) is 0 Å². The van der Waals surface area contributed by atoms with Gasteiger partial charge in [0.15, 0.2) is 5.03 Å². The summed E-state index contributed by atoms with van der Waals surface area (Å²) in [5.74, 6) is 0.533. The lowest BCUT2D eigenvalue weighted by atomic mass is 10.1. The lowest BCUT2D eigenvalue weighted by molar-refractivity contribution is 0.0924. The number of hydrogen-bond acceptors (Lipinski definition) is 4. The number of carbonyl (C=O) groups is 1. The van der Waals surface area contributed by atoms with Gasteiger partial charge in [0.05, 0.1) is 0 Å². The van der Waals surface area contributed by atoms with Crippen molar-refractivity contribution in [3.63, 3.8) is 0 Å². The van der Waals surface area contributed by atoms with Crippen LogP contribution in [0.1, 0.15) is 29.0 Å². The third-order valence-corrected chi connectivity index (χ3v) is 6.29. The van der Waals surface area contributed by atoms with Crippen molar-refractivity contribution < 1.29 is 13.2 Å². The third-order valence-electron chi connectivity index (χ3n) is 4.52. The van der Waals surface area contributed by atoms with E-state index in [2.05, 4.69) is 10.3 Å². The number of benzene rings is 1. The van der Waals surface area contributed by atoms with Crippen LogP contribution in [-0.2, 0) is 17.1 Å². The summed E-state index contributed by atoms with van der Waals surface area (Å²) in [5, 5.41) is 3.06. The normalized spacial score (nSPS) is 16.7. The standard InChI is InChI=1S/C17H22N4O3S/c1-13-18-16(12-20(13)2)25(23,24)21-10-8-15(9-11-21)19-17(22)14-6-4-3-5-7-14/h3-7,12,15H,8-11H2,1-2H3,(H,19,22). The molecule has 1 aromatic heterocycles. The molecule has 7 nitrogen and oxygen atoms in total. The second-order valence-corrected chi connectivity index (χ2v) is 8.14. The SMILES string of the molecule is Cc1nc(S(=O)(=O)N2CCC(NC(=O)c3ccccc3)CC2)cn1C. The predicted octanol–water partition coefficient (Wildman–Crippen LogP) is 1.31. The van der Waals surface area contributed by atoms with E-state index in [0.29, 0.717) is 37.3 Å². The quantitative estimate of drug-likeness (QED) is 0.889. The monoisotopic (exact) mass is 362 g/mol. The number of piperidine rings is 1. The first kappa shape index (κ1) is 17.6. The zero-order valence-corrected chi connectivity index (χ0v) is 15.2. The van der Waals surface area contributed by atoms with Gasteiger partial charge >= 0.3 is 0 Å². The summed E-state index contributed by atoms with van der Waals surface area (Å²) < 4.78 is 28.5. The Morgan fingerprint density at radius 1 is 1.20 bits per heavy atom. The maximum absolute atomic E-state index is 12.7. The van der Waals surface area contributed by atoms with E-state index in [0.717, 1.165) is 0 Å². The van der Waals surface area contributed by atoms with Crippen LogP contribution in [-0.4, -0.2) is 47.3 Å². The van der Waals surface area contributed by atoms with Gasteiger partial charge in [-0.1, -0.05) is 18.2 Å². The number of aromatic nitrogens is 2. The Bertz CT molecular complexity index is 834. The largest absolute Gasteiger partial charge is 0.349 e. The van der Waals surface area contributed by atoms with Gasteiger partial charge in [0, 0.05) is 37.9 Å². The lowest BCUT2D eigenvalue weighted by Crippen LogP contribution is -2.46. The van der Waals surface area contributed by atoms with E-state index in [1.165, 1.54) is 10.5 Å². The molecule has 1 aromatic carbocycles. The van der Waals surface area contributed by atoms with Gasteiger partial charge in [-0.15, -0.1) is 0 Å². The topological polar surface area (TPSA) is 84.3 Å². The Kier molecular flexibility index (Phi) is 4.91. The maximum atomic E-state index is 12.7. The van der Waals surface area contributed by atoms with Gasteiger partial charge < -0.3 is 9.88 Å². The smallest absolute Gasteiger partial charge is 0.262 e. The van der Waals surface area contributed by atoms with Crippen molar-refractivity contribution in [3.05, 3.63) is 47.9 Å². The number of nitrogens with zero attached hydrogens (tertiary/aromatic N) is 3. The zero-order valence-electron chi connectivity index (χ0n) is 14.3. The molecule has 0 saturated carbocycles. The van der Waals surface area contributed by atoms with E-state index in [9.17, 15) is 13.2 Å². The van der Waals surface area contributed by atoms with Gasteiger partial charge in [0.25, 0.3) is 15.9 Å². The van der Waals surface area contributed by atoms with Gasteiger partial charge in [-0.25, -0.2) is 13.4 Å². The van der Waals surface area contributed by atoms with Gasteiger partial charge in [-0.3, -0.25) is 4.79 Å². The first-order valence-corrected chi connectivity index (χ1v) is 9.68. The molecule has 0 spiro atoms. The van der Waals surface area contributed by atoms with E-state index < -0.39 is 10.0 Å². The first-order chi connectivity index (χ1) is 11.9. The molecule has 1 aliphatic heterocycles. The highest BCUT2D eigenvalue weighted by Crippen LogP contribution is 2.20. The van der Waals surface area contributed by atoms with Gasteiger partial charge in [0.2, 0.25) is 0 Å². The molecule has 1 N–H and O–H groups in total. The molecular weight excluding hydrogens is 340 g/mol. The Hall–Kier alpha value is -2.19. The van der Waals surface area contributed by atoms with Crippen molar-refractivity contribution in [2.75, 3.05) is 13.1 Å². The molecule has 2 aromatic rings. The van der Waals surface area contributed by atoms with E-state index >= 15 is 0 Å². The molecule has 134 valence electrons. The number of amides is 1. The molecule has 3 rings (SSSR count). The number of aryl methyl sites for hydroxylation is 2. The van der Waals surface area contributed by atoms with Crippen LogP contribution in [0, 0.1) is 6.92 Å². The summed E-state index contributed by atoms with van der Waals surface area (Å²) in [6.07, 6.45) is 2.71. The van der Waals surface area contributed by atoms with E-state index in [-0.39, 0.29) is 17.0 Å². The van der Waals surface area contributed by atoms with Gasteiger partial charge in [-0.2, -0.15) is 4.31 Å². The average Bonchev–Trinajstić information content (AvgIpc) is 2.96. The van der Waals surface area contributed by atoms with Crippen LogP contribution in [0.3, 0.4) is 0 Å². The Labute approximate surface area is 147 Å². The highest BCUT2D eigenvalue weighted by molar-refractivity contribution is 7.89. The molecule has 0 radical (unpaired) electrons. The molecule has 0 bridgehead atoms. The molecule has 0 aliphatic carbocycles. The zero-order chi connectivity index (χ0) is 18.0. The summed E-state index contributed by atoms with van der Waals surface area (Å²) in [6, 6.07) is 9.00. The number of carbonyl (C=O) groups excluding carboxylic acids is 1. The van der Waals surface area contributed by atoms with Gasteiger partial charge in [-0.05, 0) is 31.9 Å². The molecule has 25 heavy (non-hydrogen) atoms. The molecule has 8 heteroatoms. The fourth-order valence-corrected chi connectivity index (χ4v) is 4.38. The molecule has 0 unspecified atom stereocenters. The van der Waals surface area contributed by atoms with Crippen LogP contribution in [0.15, 0.2) is 41.6 Å².